The Bertz CT molecular complexity index is 877. The molecule has 0 spiro atoms. The molecule has 0 atom stereocenters. The normalized spacial score (nSPS) is 15.6. The maximum Gasteiger partial charge on any atom is 0.225 e. The highest BCUT2D eigenvalue weighted by atomic mass is 15.3. The molecular formula is C21H28N6. The van der Waals surface area contributed by atoms with Gasteiger partial charge in [0.05, 0.1) is 17.4 Å². The number of aryl methyl sites for hydroxylation is 3. The van der Waals surface area contributed by atoms with Crippen LogP contribution in [0.1, 0.15) is 24.0 Å². The van der Waals surface area contributed by atoms with Gasteiger partial charge in [-0.15, -0.1) is 0 Å². The predicted octanol–water partition coefficient (Wildman–Crippen LogP) is 3.05. The maximum absolute atomic E-state index is 4.53. The molecule has 27 heavy (non-hydrogen) atoms. The average Bonchev–Trinajstić information content (AvgIpc) is 3.08. The molecule has 0 N–H and O–H groups in total. The summed E-state index contributed by atoms with van der Waals surface area (Å²) in [5.74, 6) is 0.863. The van der Waals surface area contributed by atoms with Gasteiger partial charge in [0.1, 0.15) is 0 Å². The summed E-state index contributed by atoms with van der Waals surface area (Å²) in [7, 11) is 0. The Morgan fingerprint density at radius 1 is 0.852 bits per heavy atom. The molecule has 1 aliphatic rings. The van der Waals surface area contributed by atoms with E-state index in [1.807, 2.05) is 25.6 Å². The zero-order chi connectivity index (χ0) is 18.6. The van der Waals surface area contributed by atoms with Gasteiger partial charge in [-0.3, -0.25) is 4.90 Å². The Morgan fingerprint density at radius 2 is 1.59 bits per heavy atom. The van der Waals surface area contributed by atoms with E-state index in [2.05, 4.69) is 54.4 Å². The lowest BCUT2D eigenvalue weighted by Crippen LogP contribution is -2.47. The minimum Gasteiger partial charge on any atom is -0.338 e. The first kappa shape index (κ1) is 17.9. The standard InChI is InChI=1S/C21H28N6/c1-17-5-6-20-19(13-17)24-16-27(20)8-4-3-7-25-9-11-26(12-10-25)21-22-14-18(2)15-23-21/h5-6,13-16H,3-4,7-12H2,1-2H3. The number of nitrogens with zero attached hydrogens (tertiary/aromatic N) is 6. The Hall–Kier alpha value is -2.47. The molecule has 4 rings (SSSR count). The van der Waals surface area contributed by atoms with Gasteiger partial charge in [-0.1, -0.05) is 6.07 Å². The number of hydrogen-bond donors (Lipinski definition) is 0. The molecule has 0 amide bonds. The van der Waals surface area contributed by atoms with Crippen LogP contribution >= 0.6 is 0 Å². The molecule has 0 unspecified atom stereocenters. The number of rotatable bonds is 6. The highest BCUT2D eigenvalue weighted by Crippen LogP contribution is 2.16. The lowest BCUT2D eigenvalue weighted by molar-refractivity contribution is 0.250. The maximum atomic E-state index is 4.53. The molecule has 0 radical (unpaired) electrons. The summed E-state index contributed by atoms with van der Waals surface area (Å²) < 4.78 is 2.28. The summed E-state index contributed by atoms with van der Waals surface area (Å²) in [6.07, 6.45) is 8.17. The van der Waals surface area contributed by atoms with Crippen LogP contribution in [0.25, 0.3) is 11.0 Å². The minimum absolute atomic E-state index is 0.863. The van der Waals surface area contributed by atoms with Crippen LogP contribution in [-0.2, 0) is 6.54 Å². The van der Waals surface area contributed by atoms with Gasteiger partial charge in [0.2, 0.25) is 5.95 Å². The van der Waals surface area contributed by atoms with Crippen LogP contribution in [0.4, 0.5) is 5.95 Å². The van der Waals surface area contributed by atoms with Gasteiger partial charge in [-0.25, -0.2) is 15.0 Å². The smallest absolute Gasteiger partial charge is 0.225 e. The molecular weight excluding hydrogens is 336 g/mol. The lowest BCUT2D eigenvalue weighted by atomic mass is 10.2. The molecule has 3 heterocycles. The molecule has 1 fully saturated rings. The topological polar surface area (TPSA) is 50.1 Å². The molecule has 6 nitrogen and oxygen atoms in total. The summed E-state index contributed by atoms with van der Waals surface area (Å²) in [5, 5.41) is 0. The summed E-state index contributed by atoms with van der Waals surface area (Å²) in [6.45, 7) is 10.5. The Kier molecular flexibility index (Phi) is 5.34. The van der Waals surface area contributed by atoms with Crippen molar-refractivity contribution < 1.29 is 0 Å². The number of benzene rings is 1. The number of aromatic nitrogens is 4. The third-order valence-corrected chi connectivity index (χ3v) is 5.32. The van der Waals surface area contributed by atoms with Crippen molar-refractivity contribution in [1.29, 1.82) is 0 Å². The van der Waals surface area contributed by atoms with E-state index in [9.17, 15) is 0 Å². The van der Waals surface area contributed by atoms with E-state index in [1.54, 1.807) is 0 Å². The number of anilines is 1. The second kappa shape index (κ2) is 8.05. The van der Waals surface area contributed by atoms with Crippen LogP contribution < -0.4 is 4.90 Å². The fourth-order valence-electron chi connectivity index (χ4n) is 3.69. The minimum atomic E-state index is 0.863. The second-order valence-electron chi connectivity index (χ2n) is 7.53. The van der Waals surface area contributed by atoms with Crippen molar-refractivity contribution in [2.45, 2.75) is 33.2 Å². The SMILES string of the molecule is Cc1cnc(N2CCN(CCCCn3cnc4cc(C)ccc43)CC2)nc1. The van der Waals surface area contributed by atoms with Crippen LogP contribution in [-0.4, -0.2) is 57.1 Å². The van der Waals surface area contributed by atoms with Crippen molar-refractivity contribution in [2.75, 3.05) is 37.6 Å². The van der Waals surface area contributed by atoms with E-state index in [4.69, 9.17) is 0 Å². The fraction of sp³-hybridized carbons (Fsp3) is 0.476. The van der Waals surface area contributed by atoms with Gasteiger partial charge in [0.15, 0.2) is 0 Å². The van der Waals surface area contributed by atoms with Crippen molar-refractivity contribution >= 4 is 17.0 Å². The first-order valence-corrected chi connectivity index (χ1v) is 9.86. The first-order valence-electron chi connectivity index (χ1n) is 9.86. The second-order valence-corrected chi connectivity index (χ2v) is 7.53. The van der Waals surface area contributed by atoms with Crippen LogP contribution in [0.5, 0.6) is 0 Å². The Morgan fingerprint density at radius 3 is 2.37 bits per heavy atom. The van der Waals surface area contributed by atoms with E-state index in [-0.39, 0.29) is 0 Å². The Balaban J connectivity index is 1.20. The van der Waals surface area contributed by atoms with Gasteiger partial charge in [-0.05, 0) is 56.5 Å². The van der Waals surface area contributed by atoms with Crippen molar-refractivity contribution in [1.82, 2.24) is 24.4 Å². The predicted molar refractivity (Wildman–Crippen MR) is 109 cm³/mol. The van der Waals surface area contributed by atoms with E-state index < -0.39 is 0 Å². The molecule has 6 heteroatoms. The zero-order valence-electron chi connectivity index (χ0n) is 16.3. The van der Waals surface area contributed by atoms with Gasteiger partial charge in [-0.2, -0.15) is 0 Å². The van der Waals surface area contributed by atoms with Gasteiger partial charge >= 0.3 is 0 Å². The molecule has 3 aromatic rings. The number of imidazole rings is 1. The molecule has 2 aromatic heterocycles. The largest absolute Gasteiger partial charge is 0.338 e. The average molecular weight is 364 g/mol. The molecule has 1 saturated heterocycles. The van der Waals surface area contributed by atoms with Crippen molar-refractivity contribution in [3.63, 3.8) is 0 Å². The van der Waals surface area contributed by atoms with Crippen LogP contribution in [0.3, 0.4) is 0 Å². The van der Waals surface area contributed by atoms with Crippen LogP contribution in [0, 0.1) is 13.8 Å². The van der Waals surface area contributed by atoms with Gasteiger partial charge in [0.25, 0.3) is 0 Å². The summed E-state index contributed by atoms with van der Waals surface area (Å²) >= 11 is 0. The Labute approximate surface area is 160 Å². The van der Waals surface area contributed by atoms with E-state index in [0.29, 0.717) is 0 Å². The molecule has 1 aliphatic heterocycles. The third kappa shape index (κ3) is 4.27. The van der Waals surface area contributed by atoms with Crippen LogP contribution in [0.15, 0.2) is 36.9 Å². The molecule has 0 aliphatic carbocycles. The lowest BCUT2D eigenvalue weighted by Gasteiger charge is -2.34. The fourth-order valence-corrected chi connectivity index (χ4v) is 3.69. The summed E-state index contributed by atoms with van der Waals surface area (Å²) in [5.41, 5.74) is 4.72. The number of hydrogen-bond acceptors (Lipinski definition) is 5. The highest BCUT2D eigenvalue weighted by Gasteiger charge is 2.18. The molecule has 1 aromatic carbocycles. The van der Waals surface area contributed by atoms with Gasteiger partial charge in [0, 0.05) is 45.1 Å². The monoisotopic (exact) mass is 364 g/mol. The first-order chi connectivity index (χ1) is 13.2. The molecule has 0 bridgehead atoms. The number of unbranched alkanes of at least 4 members (excludes halogenated alkanes) is 1. The van der Waals surface area contributed by atoms with Crippen LogP contribution in [0.2, 0.25) is 0 Å². The molecule has 0 saturated carbocycles. The van der Waals surface area contributed by atoms with Crippen molar-refractivity contribution in [3.05, 3.63) is 48.0 Å². The van der Waals surface area contributed by atoms with Crippen molar-refractivity contribution in [3.8, 4) is 0 Å². The number of fused-ring (bicyclic) bond motifs is 1. The zero-order valence-corrected chi connectivity index (χ0v) is 16.3. The highest BCUT2D eigenvalue weighted by molar-refractivity contribution is 5.75. The van der Waals surface area contributed by atoms with Gasteiger partial charge < -0.3 is 9.47 Å². The number of piperazine rings is 1. The quantitative estimate of drug-likeness (QED) is 0.629. The molecule has 142 valence electrons. The third-order valence-electron chi connectivity index (χ3n) is 5.32. The summed E-state index contributed by atoms with van der Waals surface area (Å²) in [6, 6.07) is 6.50. The summed E-state index contributed by atoms with van der Waals surface area (Å²) in [4.78, 5) is 18.3. The van der Waals surface area contributed by atoms with Crippen molar-refractivity contribution in [2.24, 2.45) is 0 Å². The van der Waals surface area contributed by atoms with E-state index in [1.165, 1.54) is 23.9 Å². The van der Waals surface area contributed by atoms with E-state index >= 15 is 0 Å². The van der Waals surface area contributed by atoms with E-state index in [0.717, 1.165) is 56.3 Å².